The first kappa shape index (κ1) is 9.09. The molecule has 0 aliphatic heterocycles. The summed E-state index contributed by atoms with van der Waals surface area (Å²) in [5, 5.41) is 8.64. The first-order valence-corrected chi connectivity index (χ1v) is 4.43. The smallest absolute Gasteiger partial charge is 0.0991 e. The topological polar surface area (TPSA) is 23.8 Å². The van der Waals surface area contributed by atoms with Gasteiger partial charge in [-0.15, -0.1) is 11.6 Å². The number of rotatable bonds is 2. The fourth-order valence-corrected chi connectivity index (χ4v) is 1.42. The van der Waals surface area contributed by atoms with Gasteiger partial charge in [0.1, 0.15) is 0 Å². The summed E-state index contributed by atoms with van der Waals surface area (Å²) in [7, 11) is 0. The average Bonchev–Trinajstić information content (AvgIpc) is 2.16. The molecule has 0 bridgehead atoms. The Morgan fingerprint density at radius 1 is 1.42 bits per heavy atom. The fraction of sp³-hybridized carbons (Fsp3) is 0.300. The van der Waals surface area contributed by atoms with Crippen LogP contribution >= 0.6 is 11.6 Å². The number of hydrogen-bond acceptors (Lipinski definition) is 1. The lowest BCUT2D eigenvalue weighted by Gasteiger charge is -2.03. The molecule has 0 aromatic heterocycles. The zero-order valence-electron chi connectivity index (χ0n) is 6.97. The Hall–Kier alpha value is -1.000. The van der Waals surface area contributed by atoms with Gasteiger partial charge in [-0.2, -0.15) is 5.26 Å². The van der Waals surface area contributed by atoms with Gasteiger partial charge >= 0.3 is 0 Å². The summed E-state index contributed by atoms with van der Waals surface area (Å²) in [5.41, 5.74) is 3.00. The number of nitriles is 1. The molecule has 62 valence electrons. The highest BCUT2D eigenvalue weighted by atomic mass is 35.5. The van der Waals surface area contributed by atoms with Crippen LogP contribution in [0.1, 0.15) is 23.6 Å². The van der Waals surface area contributed by atoms with E-state index >= 15 is 0 Å². The van der Waals surface area contributed by atoms with Crippen molar-refractivity contribution < 1.29 is 0 Å². The second-order valence-corrected chi connectivity index (χ2v) is 2.85. The van der Waals surface area contributed by atoms with Crippen molar-refractivity contribution in [3.63, 3.8) is 0 Å². The van der Waals surface area contributed by atoms with Crippen LogP contribution in [0.25, 0.3) is 0 Å². The van der Waals surface area contributed by atoms with Gasteiger partial charge < -0.3 is 0 Å². The first-order valence-electron chi connectivity index (χ1n) is 3.89. The van der Waals surface area contributed by atoms with Crippen LogP contribution in [0.5, 0.6) is 0 Å². The molecule has 1 aromatic rings. The molecular weight excluding hydrogens is 170 g/mol. The normalized spacial score (nSPS) is 9.42. The summed E-state index contributed by atoms with van der Waals surface area (Å²) in [6.07, 6.45) is 0.928. The molecule has 0 unspecified atom stereocenters. The van der Waals surface area contributed by atoms with E-state index in [9.17, 15) is 0 Å². The zero-order chi connectivity index (χ0) is 8.97. The fourth-order valence-electron chi connectivity index (χ4n) is 1.15. The van der Waals surface area contributed by atoms with Crippen molar-refractivity contribution in [3.8, 4) is 6.07 Å². The van der Waals surface area contributed by atoms with Gasteiger partial charge in [0.15, 0.2) is 0 Å². The Bertz CT molecular complexity index is 312. The Morgan fingerprint density at radius 2 is 2.17 bits per heavy atom. The second-order valence-electron chi connectivity index (χ2n) is 2.58. The number of halogens is 1. The SMILES string of the molecule is CCc1cc(C#N)ccc1CCl. The molecule has 0 fully saturated rings. The van der Waals surface area contributed by atoms with Crippen molar-refractivity contribution in [3.05, 3.63) is 34.9 Å². The monoisotopic (exact) mass is 179 g/mol. The molecule has 0 radical (unpaired) electrons. The van der Waals surface area contributed by atoms with Gasteiger partial charge in [-0.1, -0.05) is 13.0 Å². The summed E-state index contributed by atoms with van der Waals surface area (Å²) < 4.78 is 0. The molecule has 0 saturated heterocycles. The molecular formula is C10H10ClN. The predicted octanol–water partition coefficient (Wildman–Crippen LogP) is 2.86. The molecule has 0 saturated carbocycles. The molecule has 0 spiro atoms. The van der Waals surface area contributed by atoms with Crippen molar-refractivity contribution in [1.82, 2.24) is 0 Å². The van der Waals surface area contributed by atoms with E-state index in [2.05, 4.69) is 13.0 Å². The third-order valence-corrected chi connectivity index (χ3v) is 2.15. The molecule has 0 N–H and O–H groups in total. The zero-order valence-corrected chi connectivity index (χ0v) is 7.73. The summed E-state index contributed by atoms with van der Waals surface area (Å²) >= 11 is 5.72. The number of benzene rings is 1. The van der Waals surface area contributed by atoms with Gasteiger partial charge in [0, 0.05) is 5.88 Å². The van der Waals surface area contributed by atoms with Gasteiger partial charge in [-0.05, 0) is 29.7 Å². The maximum Gasteiger partial charge on any atom is 0.0991 e. The van der Waals surface area contributed by atoms with E-state index in [0.29, 0.717) is 11.4 Å². The maximum absolute atomic E-state index is 8.64. The lowest BCUT2D eigenvalue weighted by Crippen LogP contribution is -1.90. The predicted molar refractivity (Wildman–Crippen MR) is 50.1 cm³/mol. The van der Waals surface area contributed by atoms with Gasteiger partial charge in [0.25, 0.3) is 0 Å². The first-order chi connectivity index (χ1) is 5.81. The third kappa shape index (κ3) is 1.78. The van der Waals surface area contributed by atoms with Gasteiger partial charge in [-0.25, -0.2) is 0 Å². The largest absolute Gasteiger partial charge is 0.192 e. The van der Waals surface area contributed by atoms with Crippen molar-refractivity contribution >= 4 is 11.6 Å². The summed E-state index contributed by atoms with van der Waals surface area (Å²) in [5.74, 6) is 0.523. The van der Waals surface area contributed by atoms with Crippen LogP contribution in [0.3, 0.4) is 0 Å². The van der Waals surface area contributed by atoms with E-state index < -0.39 is 0 Å². The molecule has 12 heavy (non-hydrogen) atoms. The lowest BCUT2D eigenvalue weighted by atomic mass is 10.0. The third-order valence-electron chi connectivity index (χ3n) is 1.86. The minimum Gasteiger partial charge on any atom is -0.192 e. The van der Waals surface area contributed by atoms with Crippen LogP contribution in [0.2, 0.25) is 0 Å². The molecule has 0 heterocycles. The van der Waals surface area contributed by atoms with Crippen LogP contribution in [-0.4, -0.2) is 0 Å². The highest BCUT2D eigenvalue weighted by Gasteiger charge is 2.00. The Labute approximate surface area is 77.6 Å². The molecule has 0 amide bonds. The highest BCUT2D eigenvalue weighted by molar-refractivity contribution is 6.17. The van der Waals surface area contributed by atoms with Crippen molar-refractivity contribution in [2.45, 2.75) is 19.2 Å². The summed E-state index contributed by atoms with van der Waals surface area (Å²) in [6.45, 7) is 2.06. The van der Waals surface area contributed by atoms with E-state index in [1.54, 1.807) is 6.07 Å². The van der Waals surface area contributed by atoms with E-state index in [1.807, 2.05) is 12.1 Å². The van der Waals surface area contributed by atoms with E-state index in [4.69, 9.17) is 16.9 Å². The minimum atomic E-state index is 0.523. The lowest BCUT2D eigenvalue weighted by molar-refractivity contribution is 1.10. The quantitative estimate of drug-likeness (QED) is 0.641. The van der Waals surface area contributed by atoms with E-state index in [1.165, 1.54) is 5.56 Å². The van der Waals surface area contributed by atoms with Crippen molar-refractivity contribution in [2.75, 3.05) is 0 Å². The van der Waals surface area contributed by atoms with Crippen LogP contribution in [0.4, 0.5) is 0 Å². The van der Waals surface area contributed by atoms with Crippen LogP contribution in [0, 0.1) is 11.3 Å². The van der Waals surface area contributed by atoms with Crippen molar-refractivity contribution in [2.24, 2.45) is 0 Å². The van der Waals surface area contributed by atoms with E-state index in [0.717, 1.165) is 12.0 Å². The molecule has 1 aromatic carbocycles. The molecule has 0 aliphatic carbocycles. The van der Waals surface area contributed by atoms with Crippen molar-refractivity contribution in [1.29, 1.82) is 5.26 Å². The molecule has 0 atom stereocenters. The second kappa shape index (κ2) is 4.13. The molecule has 1 rings (SSSR count). The minimum absolute atomic E-state index is 0.523. The van der Waals surface area contributed by atoms with Gasteiger partial charge in [0.05, 0.1) is 11.6 Å². The number of hydrogen-bond donors (Lipinski definition) is 0. The standard InChI is InChI=1S/C10H10ClN/c1-2-9-5-8(7-12)3-4-10(9)6-11/h3-5H,2,6H2,1H3. The van der Waals surface area contributed by atoms with Crippen LogP contribution in [0.15, 0.2) is 18.2 Å². The summed E-state index contributed by atoms with van der Waals surface area (Å²) in [4.78, 5) is 0. The molecule has 1 nitrogen and oxygen atoms in total. The van der Waals surface area contributed by atoms with Gasteiger partial charge in [0.2, 0.25) is 0 Å². The number of nitrogens with zero attached hydrogens (tertiary/aromatic N) is 1. The number of aryl methyl sites for hydroxylation is 1. The summed E-state index contributed by atoms with van der Waals surface area (Å²) in [6, 6.07) is 7.73. The average molecular weight is 180 g/mol. The molecule has 2 heteroatoms. The Morgan fingerprint density at radius 3 is 2.67 bits per heavy atom. The van der Waals surface area contributed by atoms with Gasteiger partial charge in [-0.3, -0.25) is 0 Å². The van der Waals surface area contributed by atoms with Crippen LogP contribution < -0.4 is 0 Å². The number of alkyl halides is 1. The van der Waals surface area contributed by atoms with Crippen LogP contribution in [-0.2, 0) is 12.3 Å². The van der Waals surface area contributed by atoms with E-state index in [-0.39, 0.29) is 0 Å². The highest BCUT2D eigenvalue weighted by Crippen LogP contribution is 2.14. The Kier molecular flexibility index (Phi) is 3.13. The maximum atomic E-state index is 8.64. The Balaban J connectivity index is 3.13. The molecule has 0 aliphatic rings.